The first-order chi connectivity index (χ1) is 8.59. The van der Waals surface area contributed by atoms with Crippen molar-refractivity contribution in [1.29, 1.82) is 0 Å². The SMILES string of the molecule is O=C(Cc1c(F)ccc(Br)c1F)c1cnccn1. The second-order valence-electron chi connectivity index (χ2n) is 3.51. The van der Waals surface area contributed by atoms with Gasteiger partial charge in [0.2, 0.25) is 0 Å². The Balaban J connectivity index is 2.30. The van der Waals surface area contributed by atoms with Crippen LogP contribution in [-0.2, 0) is 6.42 Å². The van der Waals surface area contributed by atoms with Gasteiger partial charge in [-0.05, 0) is 28.1 Å². The van der Waals surface area contributed by atoms with Crippen molar-refractivity contribution >= 4 is 21.7 Å². The van der Waals surface area contributed by atoms with Crippen molar-refractivity contribution in [3.05, 3.63) is 58.1 Å². The van der Waals surface area contributed by atoms with Crippen molar-refractivity contribution in [2.24, 2.45) is 0 Å². The Morgan fingerprint density at radius 2 is 2.06 bits per heavy atom. The van der Waals surface area contributed by atoms with E-state index in [9.17, 15) is 13.6 Å². The molecule has 0 atom stereocenters. The van der Waals surface area contributed by atoms with Crippen LogP contribution in [0.1, 0.15) is 16.1 Å². The predicted octanol–water partition coefficient (Wildman–Crippen LogP) is 2.94. The highest BCUT2D eigenvalue weighted by atomic mass is 79.9. The lowest BCUT2D eigenvalue weighted by atomic mass is 10.1. The minimum absolute atomic E-state index is 0.0799. The predicted molar refractivity (Wildman–Crippen MR) is 64.1 cm³/mol. The second kappa shape index (κ2) is 5.30. The van der Waals surface area contributed by atoms with Crippen LogP contribution in [0, 0.1) is 11.6 Å². The summed E-state index contributed by atoms with van der Waals surface area (Å²) in [5, 5.41) is 0. The van der Waals surface area contributed by atoms with Crippen LogP contribution in [-0.4, -0.2) is 15.8 Å². The second-order valence-corrected chi connectivity index (χ2v) is 4.37. The van der Waals surface area contributed by atoms with Gasteiger partial charge < -0.3 is 0 Å². The van der Waals surface area contributed by atoms with Crippen molar-refractivity contribution in [2.45, 2.75) is 6.42 Å². The molecule has 0 fully saturated rings. The third-order valence-corrected chi connectivity index (χ3v) is 2.94. The Labute approximate surface area is 110 Å². The third-order valence-electron chi connectivity index (χ3n) is 2.33. The topological polar surface area (TPSA) is 42.9 Å². The summed E-state index contributed by atoms with van der Waals surface area (Å²) in [5.41, 5.74) is -0.198. The fraction of sp³-hybridized carbons (Fsp3) is 0.0833. The molecule has 1 aromatic carbocycles. The maximum Gasteiger partial charge on any atom is 0.187 e. The highest BCUT2D eigenvalue weighted by Gasteiger charge is 2.17. The van der Waals surface area contributed by atoms with Crippen LogP contribution < -0.4 is 0 Å². The molecular formula is C12H7BrF2N2O. The Bertz CT molecular complexity index is 590. The van der Waals surface area contributed by atoms with E-state index in [2.05, 4.69) is 25.9 Å². The molecule has 0 radical (unpaired) electrons. The summed E-state index contributed by atoms with van der Waals surface area (Å²) in [6.45, 7) is 0. The molecule has 2 aromatic rings. The van der Waals surface area contributed by atoms with Gasteiger partial charge in [0.25, 0.3) is 0 Å². The summed E-state index contributed by atoms with van der Waals surface area (Å²) < 4.78 is 27.2. The lowest BCUT2D eigenvalue weighted by Crippen LogP contribution is -2.09. The Morgan fingerprint density at radius 3 is 2.72 bits per heavy atom. The van der Waals surface area contributed by atoms with Gasteiger partial charge in [0.1, 0.15) is 17.3 Å². The molecule has 0 saturated heterocycles. The molecule has 0 aliphatic heterocycles. The summed E-state index contributed by atoms with van der Waals surface area (Å²) in [6, 6.07) is 2.35. The summed E-state index contributed by atoms with van der Waals surface area (Å²) in [6.07, 6.45) is 3.63. The number of Topliss-reactive ketones (excluding diaryl/α,β-unsaturated/α-hetero) is 1. The highest BCUT2D eigenvalue weighted by Crippen LogP contribution is 2.22. The van der Waals surface area contributed by atoms with Gasteiger partial charge in [-0.1, -0.05) is 0 Å². The molecule has 3 nitrogen and oxygen atoms in total. The van der Waals surface area contributed by atoms with E-state index in [0.29, 0.717) is 0 Å². The van der Waals surface area contributed by atoms with Gasteiger partial charge >= 0.3 is 0 Å². The molecule has 1 aromatic heterocycles. The van der Waals surface area contributed by atoms with Crippen molar-refractivity contribution in [2.75, 3.05) is 0 Å². The number of ketones is 1. The summed E-state index contributed by atoms with van der Waals surface area (Å²) >= 11 is 2.95. The van der Waals surface area contributed by atoms with Crippen molar-refractivity contribution in [3.63, 3.8) is 0 Å². The number of hydrogen-bond acceptors (Lipinski definition) is 3. The van der Waals surface area contributed by atoms with E-state index in [0.717, 1.165) is 6.07 Å². The zero-order valence-electron chi connectivity index (χ0n) is 9.03. The Hall–Kier alpha value is -1.69. The van der Waals surface area contributed by atoms with Gasteiger partial charge in [-0.3, -0.25) is 9.78 Å². The van der Waals surface area contributed by atoms with Gasteiger partial charge in [-0.25, -0.2) is 13.8 Å². The fourth-order valence-corrected chi connectivity index (χ4v) is 1.80. The van der Waals surface area contributed by atoms with E-state index in [-0.39, 0.29) is 15.7 Å². The van der Waals surface area contributed by atoms with E-state index < -0.39 is 23.8 Å². The van der Waals surface area contributed by atoms with Crippen LogP contribution in [0.5, 0.6) is 0 Å². The van der Waals surface area contributed by atoms with Gasteiger partial charge in [-0.15, -0.1) is 0 Å². The number of benzene rings is 1. The van der Waals surface area contributed by atoms with Crippen LogP contribution >= 0.6 is 15.9 Å². The number of carbonyl (C=O) groups excluding carboxylic acids is 1. The molecule has 0 saturated carbocycles. The number of rotatable bonds is 3. The van der Waals surface area contributed by atoms with Crippen molar-refractivity contribution < 1.29 is 13.6 Å². The molecule has 18 heavy (non-hydrogen) atoms. The molecule has 0 amide bonds. The average molecular weight is 313 g/mol. The smallest absolute Gasteiger partial charge is 0.187 e. The monoisotopic (exact) mass is 312 g/mol. The number of halogens is 3. The molecule has 6 heteroatoms. The zero-order valence-corrected chi connectivity index (χ0v) is 10.6. The van der Waals surface area contributed by atoms with E-state index in [1.807, 2.05) is 0 Å². The van der Waals surface area contributed by atoms with Crippen molar-refractivity contribution in [1.82, 2.24) is 9.97 Å². The molecule has 0 aliphatic carbocycles. The molecule has 1 heterocycles. The van der Waals surface area contributed by atoms with Gasteiger partial charge in [0.05, 0.1) is 10.7 Å². The molecule has 92 valence electrons. The standard InChI is InChI=1S/C12H7BrF2N2O/c13-8-1-2-9(14)7(12(8)15)5-11(18)10-6-16-3-4-17-10/h1-4,6H,5H2. The van der Waals surface area contributed by atoms with E-state index in [1.165, 1.54) is 24.7 Å². The Morgan fingerprint density at radius 1 is 1.28 bits per heavy atom. The van der Waals surface area contributed by atoms with Gasteiger partial charge in [0, 0.05) is 24.4 Å². The first-order valence-corrected chi connectivity index (χ1v) is 5.80. The van der Waals surface area contributed by atoms with Crippen LogP contribution in [0.3, 0.4) is 0 Å². The van der Waals surface area contributed by atoms with Crippen LogP contribution in [0.4, 0.5) is 8.78 Å². The first-order valence-electron chi connectivity index (χ1n) is 5.01. The summed E-state index contributed by atoms with van der Waals surface area (Å²) in [7, 11) is 0. The number of hydrogen-bond donors (Lipinski definition) is 0. The molecular weight excluding hydrogens is 306 g/mol. The average Bonchev–Trinajstić information content (AvgIpc) is 2.40. The lowest BCUT2D eigenvalue weighted by Gasteiger charge is -2.05. The maximum atomic E-state index is 13.7. The molecule has 0 unspecified atom stereocenters. The molecule has 2 rings (SSSR count). The van der Waals surface area contributed by atoms with E-state index in [1.54, 1.807) is 0 Å². The van der Waals surface area contributed by atoms with Crippen LogP contribution in [0.15, 0.2) is 35.2 Å². The number of nitrogens with zero attached hydrogens (tertiary/aromatic N) is 2. The minimum atomic E-state index is -0.771. The van der Waals surface area contributed by atoms with Gasteiger partial charge in [0.15, 0.2) is 5.78 Å². The number of aromatic nitrogens is 2. The fourth-order valence-electron chi connectivity index (χ4n) is 1.43. The zero-order chi connectivity index (χ0) is 13.1. The minimum Gasteiger partial charge on any atom is -0.292 e. The largest absolute Gasteiger partial charge is 0.292 e. The highest BCUT2D eigenvalue weighted by molar-refractivity contribution is 9.10. The van der Waals surface area contributed by atoms with E-state index >= 15 is 0 Å². The van der Waals surface area contributed by atoms with Gasteiger partial charge in [-0.2, -0.15) is 0 Å². The normalized spacial score (nSPS) is 10.4. The quantitative estimate of drug-likeness (QED) is 0.646. The summed E-state index contributed by atoms with van der Waals surface area (Å²) in [5.74, 6) is -2.01. The molecule has 0 bridgehead atoms. The van der Waals surface area contributed by atoms with Crippen LogP contribution in [0.2, 0.25) is 0 Å². The van der Waals surface area contributed by atoms with Crippen LogP contribution in [0.25, 0.3) is 0 Å². The Kier molecular flexibility index (Phi) is 3.76. The first kappa shape index (κ1) is 12.8. The molecule has 0 spiro atoms. The van der Waals surface area contributed by atoms with E-state index in [4.69, 9.17) is 0 Å². The summed E-state index contributed by atoms with van der Waals surface area (Å²) in [4.78, 5) is 19.3. The third kappa shape index (κ3) is 2.59. The van der Waals surface area contributed by atoms with Crippen molar-refractivity contribution in [3.8, 4) is 0 Å². The number of carbonyl (C=O) groups is 1. The molecule has 0 aliphatic rings. The molecule has 0 N–H and O–H groups in total. The maximum absolute atomic E-state index is 13.7. The lowest BCUT2D eigenvalue weighted by molar-refractivity contribution is 0.0985.